The third-order valence-corrected chi connectivity index (χ3v) is 7.71. The minimum absolute atomic E-state index is 0.109. The summed E-state index contributed by atoms with van der Waals surface area (Å²) in [7, 11) is -2.48. The van der Waals surface area contributed by atoms with Crippen molar-refractivity contribution in [2.45, 2.75) is 39.2 Å². The number of benzene rings is 1. The number of furan rings is 1. The Balaban J connectivity index is 1.63. The Labute approximate surface area is 159 Å². The number of amides is 1. The van der Waals surface area contributed by atoms with Crippen molar-refractivity contribution in [2.75, 3.05) is 31.2 Å². The monoisotopic (exact) mass is 390 g/mol. The van der Waals surface area contributed by atoms with Gasteiger partial charge >= 0.3 is 0 Å². The van der Waals surface area contributed by atoms with Crippen LogP contribution in [0.5, 0.6) is 0 Å². The first-order valence-electron chi connectivity index (χ1n) is 9.38. The van der Waals surface area contributed by atoms with Gasteiger partial charge in [-0.05, 0) is 44.7 Å². The van der Waals surface area contributed by atoms with Gasteiger partial charge in [-0.1, -0.05) is 12.1 Å². The number of morpholine rings is 1. The second-order valence-electron chi connectivity index (χ2n) is 7.94. The molecule has 2 aliphatic rings. The standard InChI is InChI=1S/C20H26N2O4S/c1-13-4-5-14(2)17-16(13)15(3)18(26-17)19(23)22-8-9-25-20(12-22)6-10-27(21,24)11-7-20/h4-5,21H,6-12H2,1-3H3. The van der Waals surface area contributed by atoms with Crippen molar-refractivity contribution in [2.24, 2.45) is 0 Å². The SMILES string of the molecule is Cc1ccc(C)c2c(C)c(C(=O)N3CCOC4(CCS(=N)(=O)CC4)C3)oc12. The summed E-state index contributed by atoms with van der Waals surface area (Å²) in [5.41, 5.74) is 3.32. The minimum atomic E-state index is -2.48. The van der Waals surface area contributed by atoms with Gasteiger partial charge in [0.1, 0.15) is 5.58 Å². The molecule has 7 heteroatoms. The van der Waals surface area contributed by atoms with Crippen LogP contribution in [0.4, 0.5) is 0 Å². The van der Waals surface area contributed by atoms with Crippen LogP contribution in [0.1, 0.15) is 40.1 Å². The van der Waals surface area contributed by atoms with Crippen LogP contribution < -0.4 is 0 Å². The maximum absolute atomic E-state index is 13.2. The minimum Gasteiger partial charge on any atom is -0.450 e. The Morgan fingerprint density at radius 1 is 1.19 bits per heavy atom. The largest absolute Gasteiger partial charge is 0.450 e. The van der Waals surface area contributed by atoms with Crippen LogP contribution >= 0.6 is 0 Å². The molecule has 146 valence electrons. The van der Waals surface area contributed by atoms with Crippen LogP contribution in [0.3, 0.4) is 0 Å². The number of fused-ring (bicyclic) bond motifs is 1. The second kappa shape index (κ2) is 6.34. The number of hydrogen-bond donors (Lipinski definition) is 1. The molecule has 2 saturated heterocycles. The lowest BCUT2D eigenvalue weighted by atomic mass is 9.94. The molecule has 0 atom stereocenters. The third-order valence-electron chi connectivity index (χ3n) is 5.99. The Kier molecular flexibility index (Phi) is 4.35. The van der Waals surface area contributed by atoms with Crippen molar-refractivity contribution in [1.82, 2.24) is 4.90 Å². The van der Waals surface area contributed by atoms with Crippen molar-refractivity contribution in [1.29, 1.82) is 4.78 Å². The first-order valence-corrected chi connectivity index (χ1v) is 11.3. The van der Waals surface area contributed by atoms with E-state index in [1.54, 1.807) is 4.90 Å². The van der Waals surface area contributed by atoms with Gasteiger partial charge in [-0.25, -0.2) is 4.21 Å². The summed E-state index contributed by atoms with van der Waals surface area (Å²) in [6.07, 6.45) is 1.13. The van der Waals surface area contributed by atoms with Gasteiger partial charge in [0.25, 0.3) is 5.91 Å². The van der Waals surface area contributed by atoms with E-state index < -0.39 is 15.3 Å². The molecule has 6 nitrogen and oxygen atoms in total. The normalized spacial score (nSPS) is 28.8. The molecule has 2 aliphatic heterocycles. The highest BCUT2D eigenvalue weighted by Crippen LogP contribution is 2.34. The van der Waals surface area contributed by atoms with E-state index in [1.165, 1.54) is 0 Å². The predicted octanol–water partition coefficient (Wildman–Crippen LogP) is 3.41. The third kappa shape index (κ3) is 3.17. The lowest BCUT2D eigenvalue weighted by Crippen LogP contribution is -2.56. The molecule has 3 heterocycles. The molecule has 0 unspecified atom stereocenters. The summed E-state index contributed by atoms with van der Waals surface area (Å²) in [4.78, 5) is 15.1. The zero-order valence-electron chi connectivity index (χ0n) is 16.1. The Morgan fingerprint density at radius 2 is 1.85 bits per heavy atom. The average Bonchev–Trinajstić information content (AvgIpc) is 2.99. The van der Waals surface area contributed by atoms with Crippen LogP contribution in [-0.4, -0.2) is 51.8 Å². The summed E-state index contributed by atoms with van der Waals surface area (Å²) >= 11 is 0. The summed E-state index contributed by atoms with van der Waals surface area (Å²) in [5.74, 6) is 0.982. The van der Waals surface area contributed by atoms with Gasteiger partial charge in [0, 0.05) is 38.7 Å². The van der Waals surface area contributed by atoms with Crippen LogP contribution in [-0.2, 0) is 14.5 Å². The fraction of sp³-hybridized carbons (Fsp3) is 0.550. The van der Waals surface area contributed by atoms with E-state index >= 15 is 0 Å². The first-order chi connectivity index (χ1) is 12.7. The van der Waals surface area contributed by atoms with Gasteiger partial charge < -0.3 is 14.1 Å². The molecule has 0 saturated carbocycles. The molecule has 1 aromatic heterocycles. The molecular weight excluding hydrogens is 364 g/mol. The van der Waals surface area contributed by atoms with E-state index in [-0.39, 0.29) is 5.91 Å². The Hall–Kier alpha value is -1.86. The van der Waals surface area contributed by atoms with Gasteiger partial charge in [0.15, 0.2) is 5.76 Å². The summed E-state index contributed by atoms with van der Waals surface area (Å²) in [5, 5.41) is 1.02. The number of carbonyl (C=O) groups excluding carboxylic acids is 1. The van der Waals surface area contributed by atoms with Crippen molar-refractivity contribution in [3.63, 3.8) is 0 Å². The maximum atomic E-state index is 13.2. The van der Waals surface area contributed by atoms with Crippen LogP contribution in [0.2, 0.25) is 0 Å². The van der Waals surface area contributed by atoms with Crippen molar-refractivity contribution < 1.29 is 18.2 Å². The van der Waals surface area contributed by atoms with Crippen molar-refractivity contribution in [3.8, 4) is 0 Å². The predicted molar refractivity (Wildman–Crippen MR) is 105 cm³/mol. The molecular formula is C20H26N2O4S. The molecule has 2 aromatic rings. The molecule has 1 N–H and O–H groups in total. The van der Waals surface area contributed by atoms with E-state index in [0.717, 1.165) is 27.7 Å². The lowest BCUT2D eigenvalue weighted by Gasteiger charge is -2.45. The van der Waals surface area contributed by atoms with Gasteiger partial charge in [-0.15, -0.1) is 0 Å². The number of carbonyl (C=O) groups is 1. The molecule has 1 spiro atoms. The molecule has 2 fully saturated rings. The summed E-state index contributed by atoms with van der Waals surface area (Å²) in [6.45, 7) is 7.41. The molecule has 0 aliphatic carbocycles. The van der Waals surface area contributed by atoms with E-state index in [2.05, 4.69) is 6.07 Å². The smallest absolute Gasteiger partial charge is 0.290 e. The number of hydrogen-bond acceptors (Lipinski definition) is 5. The second-order valence-corrected chi connectivity index (χ2v) is 10.4. The number of aryl methyl sites for hydroxylation is 3. The fourth-order valence-electron chi connectivity index (χ4n) is 4.27. The number of nitrogens with zero attached hydrogens (tertiary/aromatic N) is 1. The van der Waals surface area contributed by atoms with E-state index in [0.29, 0.717) is 49.8 Å². The zero-order valence-corrected chi connectivity index (χ0v) is 16.9. The summed E-state index contributed by atoms with van der Waals surface area (Å²) in [6, 6.07) is 4.07. The fourth-order valence-corrected chi connectivity index (χ4v) is 5.88. The van der Waals surface area contributed by atoms with Crippen LogP contribution in [0, 0.1) is 25.6 Å². The molecule has 4 rings (SSSR count). The highest BCUT2D eigenvalue weighted by Gasteiger charge is 2.42. The van der Waals surface area contributed by atoms with Gasteiger partial charge in [-0.3, -0.25) is 9.57 Å². The molecule has 0 bridgehead atoms. The highest BCUT2D eigenvalue weighted by molar-refractivity contribution is 7.92. The van der Waals surface area contributed by atoms with Gasteiger partial charge in [0.05, 0.1) is 18.8 Å². The van der Waals surface area contributed by atoms with Crippen LogP contribution in [0.15, 0.2) is 16.5 Å². The van der Waals surface area contributed by atoms with Crippen molar-refractivity contribution >= 4 is 26.6 Å². The number of nitrogens with one attached hydrogen (secondary N) is 1. The van der Waals surface area contributed by atoms with Crippen molar-refractivity contribution in [3.05, 3.63) is 34.6 Å². The van der Waals surface area contributed by atoms with E-state index in [1.807, 2.05) is 26.8 Å². The van der Waals surface area contributed by atoms with E-state index in [4.69, 9.17) is 13.9 Å². The van der Waals surface area contributed by atoms with E-state index in [9.17, 15) is 9.00 Å². The number of ether oxygens (including phenoxy) is 1. The maximum Gasteiger partial charge on any atom is 0.290 e. The molecule has 27 heavy (non-hydrogen) atoms. The molecule has 1 aromatic carbocycles. The molecule has 0 radical (unpaired) electrons. The topological polar surface area (TPSA) is 83.6 Å². The lowest BCUT2D eigenvalue weighted by molar-refractivity contribution is -0.104. The quantitative estimate of drug-likeness (QED) is 0.809. The Bertz CT molecular complexity index is 1010. The zero-order chi connectivity index (χ0) is 19.4. The van der Waals surface area contributed by atoms with Gasteiger partial charge in [-0.2, -0.15) is 0 Å². The van der Waals surface area contributed by atoms with Gasteiger partial charge in [0.2, 0.25) is 0 Å². The Morgan fingerprint density at radius 3 is 2.52 bits per heavy atom. The number of rotatable bonds is 1. The highest BCUT2D eigenvalue weighted by atomic mass is 32.2. The van der Waals surface area contributed by atoms with Crippen LogP contribution in [0.25, 0.3) is 11.0 Å². The molecule has 1 amide bonds. The summed E-state index contributed by atoms with van der Waals surface area (Å²) < 4.78 is 31.8. The average molecular weight is 391 g/mol. The first kappa shape index (κ1) is 18.5.